The number of nitrogens with two attached hydrogens (primary N) is 1. The molecule has 1 rings (SSSR count). The van der Waals surface area contributed by atoms with Crippen LogP contribution in [0.2, 0.25) is 0 Å². The molecule has 1 atom stereocenters. The summed E-state index contributed by atoms with van der Waals surface area (Å²) in [4.78, 5) is 14.1. The van der Waals surface area contributed by atoms with Gasteiger partial charge in [0, 0.05) is 24.3 Å². The van der Waals surface area contributed by atoms with E-state index in [4.69, 9.17) is 5.73 Å². The van der Waals surface area contributed by atoms with Crippen molar-refractivity contribution in [3.05, 3.63) is 29.3 Å². The highest BCUT2D eigenvalue weighted by Crippen LogP contribution is 2.24. The topological polar surface area (TPSA) is 46.3 Å². The summed E-state index contributed by atoms with van der Waals surface area (Å²) in [6.45, 7) is 10.4. The van der Waals surface area contributed by atoms with Crippen molar-refractivity contribution in [2.24, 2.45) is 5.41 Å². The van der Waals surface area contributed by atoms with Gasteiger partial charge in [-0.25, -0.2) is 0 Å². The predicted molar refractivity (Wildman–Crippen MR) is 76.6 cm³/mol. The molecule has 3 nitrogen and oxygen atoms in total. The zero-order chi connectivity index (χ0) is 14.1. The first-order valence-corrected chi connectivity index (χ1v) is 6.28. The van der Waals surface area contributed by atoms with E-state index >= 15 is 0 Å². The van der Waals surface area contributed by atoms with Gasteiger partial charge in [0.2, 0.25) is 0 Å². The van der Waals surface area contributed by atoms with Crippen molar-refractivity contribution in [2.75, 3.05) is 12.8 Å². The molecule has 1 amide bonds. The average Bonchev–Trinajstić information content (AvgIpc) is 2.28. The number of carbonyl (C=O) groups is 1. The number of nitrogen functional groups attached to an aromatic ring is 1. The van der Waals surface area contributed by atoms with Gasteiger partial charge in [0.1, 0.15) is 0 Å². The quantitative estimate of drug-likeness (QED) is 0.817. The third-order valence-electron chi connectivity index (χ3n) is 3.68. The molecule has 0 saturated heterocycles. The highest BCUT2D eigenvalue weighted by molar-refractivity contribution is 5.95. The standard InChI is InChI=1S/C15H24N2O/c1-10-7-8-12(9-13(10)16)14(18)17(6)11(2)15(3,4)5/h7-9,11H,16H2,1-6H3. The molecule has 0 spiro atoms. The lowest BCUT2D eigenvalue weighted by Crippen LogP contribution is -2.42. The Hall–Kier alpha value is -1.51. The van der Waals surface area contributed by atoms with Crippen LogP contribution in [0.15, 0.2) is 18.2 Å². The van der Waals surface area contributed by atoms with Crippen molar-refractivity contribution < 1.29 is 4.79 Å². The lowest BCUT2D eigenvalue weighted by atomic mass is 9.87. The van der Waals surface area contributed by atoms with Crippen LogP contribution in [0.4, 0.5) is 5.69 Å². The predicted octanol–water partition coefficient (Wildman–Crippen LogP) is 3.08. The fourth-order valence-electron chi connectivity index (χ4n) is 1.73. The van der Waals surface area contributed by atoms with E-state index in [2.05, 4.69) is 27.7 Å². The second-order valence-electron chi connectivity index (χ2n) is 6.03. The second kappa shape index (κ2) is 5.01. The molecule has 100 valence electrons. The van der Waals surface area contributed by atoms with Gasteiger partial charge in [-0.05, 0) is 37.0 Å². The van der Waals surface area contributed by atoms with Gasteiger partial charge in [0.25, 0.3) is 5.91 Å². The number of anilines is 1. The molecule has 0 aliphatic heterocycles. The van der Waals surface area contributed by atoms with Gasteiger partial charge in [0.05, 0.1) is 0 Å². The van der Waals surface area contributed by atoms with Crippen LogP contribution in [0.3, 0.4) is 0 Å². The Morgan fingerprint density at radius 2 is 1.89 bits per heavy atom. The SMILES string of the molecule is Cc1ccc(C(=O)N(C)C(C)C(C)(C)C)cc1N. The second-order valence-corrected chi connectivity index (χ2v) is 6.03. The first-order valence-electron chi connectivity index (χ1n) is 6.28. The first-order chi connectivity index (χ1) is 8.14. The van der Waals surface area contributed by atoms with E-state index in [-0.39, 0.29) is 17.4 Å². The zero-order valence-electron chi connectivity index (χ0n) is 12.2. The Kier molecular flexibility index (Phi) is 4.05. The number of benzene rings is 1. The summed E-state index contributed by atoms with van der Waals surface area (Å²) in [7, 11) is 1.84. The molecule has 0 fully saturated rings. The Morgan fingerprint density at radius 3 is 2.33 bits per heavy atom. The van der Waals surface area contributed by atoms with Crippen LogP contribution >= 0.6 is 0 Å². The van der Waals surface area contributed by atoms with Crippen molar-refractivity contribution in [3.8, 4) is 0 Å². The maximum absolute atomic E-state index is 12.4. The van der Waals surface area contributed by atoms with Crippen molar-refractivity contribution in [1.29, 1.82) is 0 Å². The van der Waals surface area contributed by atoms with Crippen LogP contribution in [0.5, 0.6) is 0 Å². The van der Waals surface area contributed by atoms with E-state index in [9.17, 15) is 4.79 Å². The van der Waals surface area contributed by atoms with Crippen LogP contribution in [0, 0.1) is 12.3 Å². The molecule has 0 saturated carbocycles. The van der Waals surface area contributed by atoms with Crippen LogP contribution in [0.1, 0.15) is 43.6 Å². The molecule has 1 aromatic carbocycles. The normalized spacial score (nSPS) is 13.2. The molecule has 3 heteroatoms. The summed E-state index contributed by atoms with van der Waals surface area (Å²) in [5, 5.41) is 0. The third kappa shape index (κ3) is 3.03. The summed E-state index contributed by atoms with van der Waals surface area (Å²) in [5.74, 6) is 0.0177. The van der Waals surface area contributed by atoms with Gasteiger partial charge < -0.3 is 10.6 Å². The summed E-state index contributed by atoms with van der Waals surface area (Å²) in [5.41, 5.74) is 8.22. The van der Waals surface area contributed by atoms with E-state index in [1.165, 1.54) is 0 Å². The lowest BCUT2D eigenvalue weighted by molar-refractivity contribution is 0.0629. The highest BCUT2D eigenvalue weighted by atomic mass is 16.2. The number of hydrogen-bond acceptors (Lipinski definition) is 2. The van der Waals surface area contributed by atoms with Gasteiger partial charge >= 0.3 is 0 Å². The monoisotopic (exact) mass is 248 g/mol. The molecular weight excluding hydrogens is 224 g/mol. The largest absolute Gasteiger partial charge is 0.398 e. The van der Waals surface area contributed by atoms with Crippen LogP contribution in [0.25, 0.3) is 0 Å². The fourth-order valence-corrected chi connectivity index (χ4v) is 1.73. The van der Waals surface area contributed by atoms with Crippen molar-refractivity contribution >= 4 is 11.6 Å². The van der Waals surface area contributed by atoms with Crippen molar-refractivity contribution in [3.63, 3.8) is 0 Å². The minimum Gasteiger partial charge on any atom is -0.398 e. The Bertz CT molecular complexity index is 446. The molecule has 1 aromatic rings. The molecule has 0 aliphatic carbocycles. The molecule has 0 aliphatic rings. The van der Waals surface area contributed by atoms with E-state index in [0.717, 1.165) is 5.56 Å². The number of aryl methyl sites for hydroxylation is 1. The lowest BCUT2D eigenvalue weighted by Gasteiger charge is -2.35. The fraction of sp³-hybridized carbons (Fsp3) is 0.533. The van der Waals surface area contributed by atoms with Gasteiger partial charge in [-0.1, -0.05) is 26.8 Å². The summed E-state index contributed by atoms with van der Waals surface area (Å²) >= 11 is 0. The van der Waals surface area contributed by atoms with E-state index in [1.807, 2.05) is 26.1 Å². The highest BCUT2D eigenvalue weighted by Gasteiger charge is 2.27. The number of amides is 1. The maximum Gasteiger partial charge on any atom is 0.253 e. The smallest absolute Gasteiger partial charge is 0.253 e. The van der Waals surface area contributed by atoms with Crippen LogP contribution in [-0.2, 0) is 0 Å². The number of nitrogens with zero attached hydrogens (tertiary/aromatic N) is 1. The summed E-state index contributed by atoms with van der Waals surface area (Å²) in [6.07, 6.45) is 0. The molecule has 0 heterocycles. The molecular formula is C15H24N2O. The van der Waals surface area contributed by atoms with Gasteiger partial charge in [-0.3, -0.25) is 4.79 Å². The van der Waals surface area contributed by atoms with E-state index in [1.54, 1.807) is 11.0 Å². The molecule has 0 radical (unpaired) electrons. The Labute approximate surface area is 110 Å². The van der Waals surface area contributed by atoms with Crippen LogP contribution < -0.4 is 5.73 Å². The Morgan fingerprint density at radius 1 is 1.33 bits per heavy atom. The zero-order valence-corrected chi connectivity index (χ0v) is 12.2. The molecule has 1 unspecified atom stereocenters. The summed E-state index contributed by atoms with van der Waals surface area (Å²) in [6, 6.07) is 5.63. The number of hydrogen-bond donors (Lipinski definition) is 1. The molecule has 0 bridgehead atoms. The minimum absolute atomic E-state index is 0.0177. The molecule has 2 N–H and O–H groups in total. The average molecular weight is 248 g/mol. The third-order valence-corrected chi connectivity index (χ3v) is 3.68. The van der Waals surface area contributed by atoms with E-state index < -0.39 is 0 Å². The van der Waals surface area contributed by atoms with E-state index in [0.29, 0.717) is 11.3 Å². The minimum atomic E-state index is 0.0177. The number of rotatable bonds is 2. The molecule has 0 aromatic heterocycles. The first kappa shape index (κ1) is 14.6. The van der Waals surface area contributed by atoms with Crippen molar-refractivity contribution in [1.82, 2.24) is 4.90 Å². The van der Waals surface area contributed by atoms with Crippen LogP contribution in [-0.4, -0.2) is 23.9 Å². The maximum atomic E-state index is 12.4. The van der Waals surface area contributed by atoms with Gasteiger partial charge in [0.15, 0.2) is 0 Å². The van der Waals surface area contributed by atoms with Gasteiger partial charge in [-0.2, -0.15) is 0 Å². The number of carbonyl (C=O) groups excluding carboxylic acids is 1. The Balaban J connectivity index is 2.97. The molecule has 18 heavy (non-hydrogen) atoms. The van der Waals surface area contributed by atoms with Crippen molar-refractivity contribution in [2.45, 2.75) is 40.7 Å². The summed E-state index contributed by atoms with van der Waals surface area (Å²) < 4.78 is 0. The van der Waals surface area contributed by atoms with Gasteiger partial charge in [-0.15, -0.1) is 0 Å².